The van der Waals surface area contributed by atoms with Crippen molar-refractivity contribution < 1.29 is 4.79 Å². The molecule has 2 aromatic carbocycles. The molecule has 110 valence electrons. The third kappa shape index (κ3) is 3.09. The van der Waals surface area contributed by atoms with Gasteiger partial charge in [0, 0.05) is 28.5 Å². The molecule has 1 aliphatic rings. The Bertz CT molecular complexity index is 688. The monoisotopic (exact) mass is 365 g/mol. The summed E-state index contributed by atoms with van der Waals surface area (Å²) in [7, 11) is 0. The smallest absolute Gasteiger partial charge is 0.253 e. The highest BCUT2D eigenvalue weighted by molar-refractivity contribution is 9.10. The Balaban J connectivity index is 1.86. The number of carbonyl (C=O) groups is 1. The molecule has 0 spiro atoms. The van der Waals surface area contributed by atoms with Gasteiger partial charge in [-0.15, -0.1) is 11.6 Å². The second-order valence-corrected chi connectivity index (χ2v) is 7.22. The second kappa shape index (κ2) is 5.98. The first kappa shape index (κ1) is 14.9. The molecule has 0 aliphatic carbocycles. The first-order valence-electron chi connectivity index (χ1n) is 7.17. The van der Waals surface area contributed by atoms with Crippen LogP contribution in [0.1, 0.15) is 23.7 Å². The average Bonchev–Trinajstić information content (AvgIpc) is 2.49. The Morgan fingerprint density at radius 2 is 1.95 bits per heavy atom. The molecule has 2 nitrogen and oxygen atoms in total. The van der Waals surface area contributed by atoms with E-state index in [4.69, 9.17) is 11.6 Å². The summed E-state index contributed by atoms with van der Waals surface area (Å²) in [5, 5.41) is 2.40. The van der Waals surface area contributed by atoms with E-state index < -0.39 is 0 Å². The molecule has 1 amide bonds. The van der Waals surface area contributed by atoms with Gasteiger partial charge >= 0.3 is 0 Å². The van der Waals surface area contributed by atoms with E-state index in [2.05, 4.69) is 28.9 Å². The molecule has 1 heterocycles. The lowest BCUT2D eigenvalue weighted by molar-refractivity contribution is 0.0687. The summed E-state index contributed by atoms with van der Waals surface area (Å²) in [4.78, 5) is 14.6. The minimum Gasteiger partial charge on any atom is -0.338 e. The molecule has 0 bridgehead atoms. The number of carbonyl (C=O) groups excluding carboxylic acids is 1. The van der Waals surface area contributed by atoms with Crippen LogP contribution < -0.4 is 0 Å². The predicted molar refractivity (Wildman–Crippen MR) is 91.0 cm³/mol. The van der Waals surface area contributed by atoms with E-state index in [-0.39, 0.29) is 11.3 Å². The number of fused-ring (bicyclic) bond motifs is 1. The van der Waals surface area contributed by atoms with E-state index >= 15 is 0 Å². The summed E-state index contributed by atoms with van der Waals surface area (Å²) in [6.07, 6.45) is 0.870. The molecule has 1 saturated heterocycles. The number of amides is 1. The molecule has 3 rings (SSSR count). The molecule has 1 fully saturated rings. The molecule has 2 atom stereocenters. The lowest BCUT2D eigenvalue weighted by atomic mass is 9.98. The van der Waals surface area contributed by atoms with Gasteiger partial charge in [-0.2, -0.15) is 0 Å². The van der Waals surface area contributed by atoms with Gasteiger partial charge in [-0.1, -0.05) is 35.0 Å². The Kier molecular flexibility index (Phi) is 4.23. The largest absolute Gasteiger partial charge is 0.338 e. The van der Waals surface area contributed by atoms with Gasteiger partial charge in [0.15, 0.2) is 0 Å². The number of piperidine rings is 1. The van der Waals surface area contributed by atoms with Crippen molar-refractivity contribution in [1.82, 2.24) is 4.90 Å². The second-order valence-electron chi connectivity index (χ2n) is 5.74. The van der Waals surface area contributed by atoms with Crippen molar-refractivity contribution in [1.29, 1.82) is 0 Å². The van der Waals surface area contributed by atoms with Crippen LogP contribution in [0.25, 0.3) is 10.8 Å². The van der Waals surface area contributed by atoms with Gasteiger partial charge in [-0.3, -0.25) is 4.79 Å². The van der Waals surface area contributed by atoms with Crippen LogP contribution in [-0.2, 0) is 0 Å². The van der Waals surface area contributed by atoms with Crippen LogP contribution in [0.4, 0.5) is 0 Å². The molecule has 0 N–H and O–H groups in total. The van der Waals surface area contributed by atoms with Crippen LogP contribution in [0.15, 0.2) is 40.9 Å². The zero-order chi connectivity index (χ0) is 15.0. The average molecular weight is 367 g/mol. The van der Waals surface area contributed by atoms with Gasteiger partial charge in [0.2, 0.25) is 0 Å². The molecule has 1 aliphatic heterocycles. The van der Waals surface area contributed by atoms with E-state index in [1.54, 1.807) is 0 Å². The quantitative estimate of drug-likeness (QED) is 0.670. The summed E-state index contributed by atoms with van der Waals surface area (Å²) >= 11 is 9.70. The van der Waals surface area contributed by atoms with Crippen LogP contribution in [0.5, 0.6) is 0 Å². The van der Waals surface area contributed by atoms with Crippen LogP contribution >= 0.6 is 27.5 Å². The molecule has 21 heavy (non-hydrogen) atoms. The van der Waals surface area contributed by atoms with Gasteiger partial charge in [0.05, 0.1) is 0 Å². The van der Waals surface area contributed by atoms with Crippen molar-refractivity contribution in [2.24, 2.45) is 5.92 Å². The summed E-state index contributed by atoms with van der Waals surface area (Å²) < 4.78 is 1.05. The molecular formula is C17H17BrClNO. The van der Waals surface area contributed by atoms with Crippen molar-refractivity contribution in [2.45, 2.75) is 18.7 Å². The number of likely N-dealkylation sites (tertiary alicyclic amines) is 1. The van der Waals surface area contributed by atoms with Crippen molar-refractivity contribution in [3.8, 4) is 0 Å². The first-order valence-corrected chi connectivity index (χ1v) is 8.40. The maximum absolute atomic E-state index is 12.6. The highest BCUT2D eigenvalue weighted by atomic mass is 79.9. The number of benzene rings is 2. The van der Waals surface area contributed by atoms with E-state index in [1.807, 2.05) is 35.2 Å². The van der Waals surface area contributed by atoms with Gasteiger partial charge in [-0.25, -0.2) is 0 Å². The fraction of sp³-hybridized carbons (Fsp3) is 0.353. The van der Waals surface area contributed by atoms with Crippen LogP contribution in [0, 0.1) is 5.92 Å². The maximum atomic E-state index is 12.6. The van der Waals surface area contributed by atoms with Crippen molar-refractivity contribution in [3.63, 3.8) is 0 Å². The van der Waals surface area contributed by atoms with E-state index in [0.29, 0.717) is 5.92 Å². The number of alkyl halides is 1. The minimum atomic E-state index is 0.107. The fourth-order valence-corrected chi connectivity index (χ4v) is 3.39. The molecule has 2 unspecified atom stereocenters. The SMILES string of the molecule is CC1CN(C(=O)c2ccc3cc(Br)ccc3c2)CCC1Cl. The molecular weight excluding hydrogens is 350 g/mol. The van der Waals surface area contributed by atoms with Crippen LogP contribution in [-0.4, -0.2) is 29.3 Å². The zero-order valence-electron chi connectivity index (χ0n) is 11.9. The van der Waals surface area contributed by atoms with Crippen molar-refractivity contribution >= 4 is 44.2 Å². The Morgan fingerprint density at radius 1 is 1.24 bits per heavy atom. The Labute approximate surface area is 138 Å². The van der Waals surface area contributed by atoms with Gasteiger partial charge in [-0.05, 0) is 47.4 Å². The highest BCUT2D eigenvalue weighted by Crippen LogP contribution is 2.25. The lowest BCUT2D eigenvalue weighted by Gasteiger charge is -2.34. The van der Waals surface area contributed by atoms with Crippen molar-refractivity contribution in [2.75, 3.05) is 13.1 Å². The first-order chi connectivity index (χ1) is 10.0. The van der Waals surface area contributed by atoms with Crippen molar-refractivity contribution in [3.05, 3.63) is 46.4 Å². The number of hydrogen-bond donors (Lipinski definition) is 0. The Hall–Kier alpha value is -1.06. The molecule has 0 radical (unpaired) electrons. The number of hydrogen-bond acceptors (Lipinski definition) is 1. The summed E-state index contributed by atoms with van der Waals surface area (Å²) in [5.74, 6) is 0.455. The van der Waals surface area contributed by atoms with Crippen LogP contribution in [0.2, 0.25) is 0 Å². The standard InChI is InChI=1S/C17H17BrClNO/c1-11-10-20(7-6-16(11)19)17(21)14-3-2-13-9-15(18)5-4-12(13)8-14/h2-5,8-9,11,16H,6-7,10H2,1H3. The lowest BCUT2D eigenvalue weighted by Crippen LogP contribution is -2.43. The van der Waals surface area contributed by atoms with Gasteiger partial charge in [0.1, 0.15) is 0 Å². The molecule has 2 aromatic rings. The normalized spacial score (nSPS) is 22.5. The minimum absolute atomic E-state index is 0.107. The number of halogens is 2. The summed E-state index contributed by atoms with van der Waals surface area (Å²) in [6.45, 7) is 3.59. The fourth-order valence-electron chi connectivity index (χ4n) is 2.83. The maximum Gasteiger partial charge on any atom is 0.253 e. The molecule has 4 heteroatoms. The van der Waals surface area contributed by atoms with E-state index in [1.165, 1.54) is 0 Å². The summed E-state index contributed by atoms with van der Waals surface area (Å²) in [6, 6.07) is 12.0. The van der Waals surface area contributed by atoms with E-state index in [9.17, 15) is 4.79 Å². The predicted octanol–water partition coefficient (Wildman–Crippen LogP) is 4.69. The number of nitrogens with zero attached hydrogens (tertiary/aromatic N) is 1. The van der Waals surface area contributed by atoms with Gasteiger partial charge in [0.25, 0.3) is 5.91 Å². The number of rotatable bonds is 1. The highest BCUT2D eigenvalue weighted by Gasteiger charge is 2.27. The Morgan fingerprint density at radius 3 is 2.71 bits per heavy atom. The van der Waals surface area contributed by atoms with E-state index in [0.717, 1.165) is 40.3 Å². The zero-order valence-corrected chi connectivity index (χ0v) is 14.2. The third-order valence-corrected chi connectivity index (χ3v) is 5.28. The molecule has 0 aromatic heterocycles. The van der Waals surface area contributed by atoms with Gasteiger partial charge < -0.3 is 4.90 Å². The molecule has 0 saturated carbocycles. The van der Waals surface area contributed by atoms with Crippen LogP contribution in [0.3, 0.4) is 0 Å². The summed E-state index contributed by atoms with van der Waals surface area (Å²) in [5.41, 5.74) is 0.755. The topological polar surface area (TPSA) is 20.3 Å². The third-order valence-electron chi connectivity index (χ3n) is 4.14.